The van der Waals surface area contributed by atoms with Gasteiger partial charge in [0.2, 0.25) is 5.91 Å². The lowest BCUT2D eigenvalue weighted by atomic mass is 10.2. The van der Waals surface area contributed by atoms with Crippen LogP contribution in [0.2, 0.25) is 5.02 Å². The van der Waals surface area contributed by atoms with Crippen LogP contribution in [-0.2, 0) is 4.79 Å². The van der Waals surface area contributed by atoms with Gasteiger partial charge in [0.15, 0.2) is 10.2 Å². The third-order valence-electron chi connectivity index (χ3n) is 2.35. The van der Waals surface area contributed by atoms with Gasteiger partial charge in [-0.2, -0.15) is 0 Å². The van der Waals surface area contributed by atoms with Crippen LogP contribution in [0, 0.1) is 5.92 Å². The van der Waals surface area contributed by atoms with E-state index in [0.29, 0.717) is 10.2 Å². The maximum absolute atomic E-state index is 11.5. The fourth-order valence-electron chi connectivity index (χ4n) is 1.35. The highest BCUT2D eigenvalue weighted by Crippen LogP contribution is 2.30. The second-order valence-electron chi connectivity index (χ2n) is 4.20. The zero-order valence-electron chi connectivity index (χ0n) is 10.4. The van der Waals surface area contributed by atoms with E-state index in [2.05, 4.69) is 15.6 Å². The van der Waals surface area contributed by atoms with Crippen LogP contribution >= 0.6 is 35.2 Å². The molecule has 1 aromatic carbocycles. The summed E-state index contributed by atoms with van der Waals surface area (Å²) in [6, 6.07) is 5.58. The molecule has 0 saturated carbocycles. The molecule has 0 spiro atoms. The normalized spacial score (nSPS) is 10.7. The van der Waals surface area contributed by atoms with Crippen molar-refractivity contribution in [1.29, 1.82) is 0 Å². The number of hydrogen-bond acceptors (Lipinski definition) is 4. The minimum absolute atomic E-state index is 0.121. The average molecular weight is 314 g/mol. The fraction of sp³-hybridized carbons (Fsp3) is 0.250. The van der Waals surface area contributed by atoms with Gasteiger partial charge in [-0.25, -0.2) is 4.98 Å². The van der Waals surface area contributed by atoms with E-state index < -0.39 is 0 Å². The van der Waals surface area contributed by atoms with Crippen LogP contribution in [0.15, 0.2) is 18.2 Å². The van der Waals surface area contributed by atoms with Crippen molar-refractivity contribution in [2.75, 3.05) is 5.32 Å². The van der Waals surface area contributed by atoms with Gasteiger partial charge in [-0.1, -0.05) is 42.9 Å². The minimum atomic E-state index is -0.128. The van der Waals surface area contributed by atoms with E-state index in [1.54, 1.807) is 19.9 Å². The number of nitrogens with one attached hydrogen (secondary N) is 2. The van der Waals surface area contributed by atoms with Gasteiger partial charge in [0.25, 0.3) is 0 Å². The first-order valence-corrected chi connectivity index (χ1v) is 7.24. The number of thiocarbonyl (C=S) groups is 1. The van der Waals surface area contributed by atoms with Crippen molar-refractivity contribution in [2.45, 2.75) is 13.8 Å². The van der Waals surface area contributed by atoms with Crippen molar-refractivity contribution in [3.63, 3.8) is 0 Å². The zero-order valence-corrected chi connectivity index (χ0v) is 12.7. The molecule has 0 aliphatic rings. The van der Waals surface area contributed by atoms with Crippen molar-refractivity contribution in [1.82, 2.24) is 10.3 Å². The third kappa shape index (κ3) is 3.40. The Bertz CT molecular complexity index is 639. The van der Waals surface area contributed by atoms with Crippen LogP contribution in [0.25, 0.3) is 10.2 Å². The van der Waals surface area contributed by atoms with E-state index in [0.717, 1.165) is 10.2 Å². The summed E-state index contributed by atoms with van der Waals surface area (Å²) in [5, 5.41) is 6.94. The molecule has 2 aromatic rings. The number of thiazole rings is 1. The van der Waals surface area contributed by atoms with Gasteiger partial charge < -0.3 is 10.6 Å². The Balaban J connectivity index is 2.11. The predicted octanol–water partition coefficient (Wildman–Crippen LogP) is 3.42. The Morgan fingerprint density at radius 3 is 2.84 bits per heavy atom. The molecular weight excluding hydrogens is 302 g/mol. The molecule has 0 unspecified atom stereocenters. The smallest absolute Gasteiger partial charge is 0.228 e. The van der Waals surface area contributed by atoms with Crippen LogP contribution in [0.3, 0.4) is 0 Å². The Kier molecular flexibility index (Phi) is 4.34. The first-order valence-electron chi connectivity index (χ1n) is 5.64. The molecule has 0 aliphatic heterocycles. The van der Waals surface area contributed by atoms with Gasteiger partial charge in [0.1, 0.15) is 5.52 Å². The second-order valence-corrected chi connectivity index (χ2v) is 6.05. The van der Waals surface area contributed by atoms with Crippen molar-refractivity contribution in [3.05, 3.63) is 23.2 Å². The van der Waals surface area contributed by atoms with Crippen LogP contribution in [0.5, 0.6) is 0 Å². The number of fused-ring (bicyclic) bond motifs is 1. The number of nitrogens with zero attached hydrogens (tertiary/aromatic N) is 1. The Hall–Kier alpha value is -1.24. The van der Waals surface area contributed by atoms with Crippen LogP contribution in [-0.4, -0.2) is 16.0 Å². The molecule has 7 heteroatoms. The zero-order chi connectivity index (χ0) is 14.0. The summed E-state index contributed by atoms with van der Waals surface area (Å²) < 4.78 is 0.966. The fourth-order valence-corrected chi connectivity index (χ4v) is 2.78. The second kappa shape index (κ2) is 5.81. The molecule has 0 radical (unpaired) electrons. The van der Waals surface area contributed by atoms with Crippen molar-refractivity contribution in [2.24, 2.45) is 5.92 Å². The molecule has 2 N–H and O–H groups in total. The lowest BCUT2D eigenvalue weighted by molar-refractivity contribution is -0.122. The summed E-state index contributed by atoms with van der Waals surface area (Å²) in [4.78, 5) is 15.8. The van der Waals surface area contributed by atoms with Gasteiger partial charge in [-0.15, -0.1) is 0 Å². The quantitative estimate of drug-likeness (QED) is 0.834. The van der Waals surface area contributed by atoms with Crippen LogP contribution in [0.4, 0.5) is 5.13 Å². The Morgan fingerprint density at radius 1 is 1.47 bits per heavy atom. The molecule has 0 atom stereocenters. The van der Waals surface area contributed by atoms with Gasteiger partial charge in [0, 0.05) is 5.92 Å². The highest BCUT2D eigenvalue weighted by Gasteiger charge is 2.11. The standard InChI is InChI=1S/C12H12ClN3OS2/c1-6(2)10(17)15-11(18)16-12-14-9-7(13)4-3-5-8(9)19-12/h3-6H,1-2H3,(H2,14,15,16,17,18). The number of benzene rings is 1. The SMILES string of the molecule is CC(C)C(=O)NC(=S)Nc1nc2c(Cl)cccc2s1. The number of para-hydroxylation sites is 1. The predicted molar refractivity (Wildman–Crippen MR) is 83.8 cm³/mol. The number of rotatable bonds is 2. The summed E-state index contributed by atoms with van der Waals surface area (Å²) in [5.41, 5.74) is 0.731. The molecule has 0 fully saturated rings. The number of carbonyl (C=O) groups is 1. The van der Waals surface area contributed by atoms with E-state index >= 15 is 0 Å². The van der Waals surface area contributed by atoms with E-state index in [9.17, 15) is 4.79 Å². The summed E-state index contributed by atoms with van der Waals surface area (Å²) in [5.74, 6) is -0.249. The van der Waals surface area contributed by atoms with Crippen molar-refractivity contribution < 1.29 is 4.79 Å². The summed E-state index contributed by atoms with van der Waals surface area (Å²) in [6.45, 7) is 3.60. The molecule has 0 bridgehead atoms. The molecule has 19 heavy (non-hydrogen) atoms. The molecule has 0 aliphatic carbocycles. The molecule has 4 nitrogen and oxygen atoms in total. The number of carbonyl (C=O) groups excluding carboxylic acids is 1. The summed E-state index contributed by atoms with van der Waals surface area (Å²) in [6.07, 6.45) is 0. The number of anilines is 1. The van der Waals surface area contributed by atoms with Crippen LogP contribution < -0.4 is 10.6 Å². The van der Waals surface area contributed by atoms with E-state index in [1.165, 1.54) is 11.3 Å². The Morgan fingerprint density at radius 2 is 2.21 bits per heavy atom. The molecule has 100 valence electrons. The van der Waals surface area contributed by atoms with E-state index in [4.69, 9.17) is 23.8 Å². The average Bonchev–Trinajstić information content (AvgIpc) is 2.72. The number of aromatic nitrogens is 1. The van der Waals surface area contributed by atoms with Gasteiger partial charge in [-0.05, 0) is 24.4 Å². The molecule has 1 aromatic heterocycles. The molecular formula is C12H12ClN3OS2. The van der Waals surface area contributed by atoms with Gasteiger partial charge in [-0.3, -0.25) is 4.79 Å². The lowest BCUT2D eigenvalue weighted by Crippen LogP contribution is -2.36. The van der Waals surface area contributed by atoms with Crippen molar-refractivity contribution in [3.8, 4) is 0 Å². The highest BCUT2D eigenvalue weighted by atomic mass is 35.5. The highest BCUT2D eigenvalue weighted by molar-refractivity contribution is 7.80. The summed E-state index contributed by atoms with van der Waals surface area (Å²) in [7, 11) is 0. The number of amides is 1. The minimum Gasteiger partial charge on any atom is -0.308 e. The maximum atomic E-state index is 11.5. The topological polar surface area (TPSA) is 54.0 Å². The van der Waals surface area contributed by atoms with E-state index in [-0.39, 0.29) is 16.9 Å². The molecule has 1 amide bonds. The third-order valence-corrected chi connectivity index (χ3v) is 3.80. The van der Waals surface area contributed by atoms with Gasteiger partial charge in [0.05, 0.1) is 9.72 Å². The maximum Gasteiger partial charge on any atom is 0.228 e. The molecule has 0 saturated heterocycles. The van der Waals surface area contributed by atoms with Crippen molar-refractivity contribution >= 4 is 61.5 Å². The summed E-state index contributed by atoms with van der Waals surface area (Å²) >= 11 is 12.5. The van der Waals surface area contributed by atoms with E-state index in [1.807, 2.05) is 12.1 Å². The monoisotopic (exact) mass is 313 g/mol. The number of hydrogen-bond donors (Lipinski definition) is 2. The molecule has 1 heterocycles. The largest absolute Gasteiger partial charge is 0.308 e. The first-order chi connectivity index (χ1) is 8.97. The first kappa shape index (κ1) is 14.2. The Labute approximate surface area is 125 Å². The van der Waals surface area contributed by atoms with Gasteiger partial charge >= 0.3 is 0 Å². The molecule has 2 rings (SSSR count). The number of halogens is 1. The van der Waals surface area contributed by atoms with Crippen LogP contribution in [0.1, 0.15) is 13.8 Å². The lowest BCUT2D eigenvalue weighted by Gasteiger charge is -2.08.